The molecule has 16 aromatic heterocycles. The predicted molar refractivity (Wildman–Crippen MR) is 585 cm³/mol. The minimum absolute atomic E-state index is 0.0309. The molecule has 16 heterocycles. The van der Waals surface area contributed by atoms with Crippen molar-refractivity contribution in [2.75, 3.05) is 16.0 Å². The number of hydrogen-bond donors (Lipinski definition) is 11. The number of carbonyl (C=O) groups excluding carboxylic acids is 4. The molecule has 0 bridgehead atoms. The van der Waals surface area contributed by atoms with Crippen molar-refractivity contribution >= 4 is 175 Å². The van der Waals surface area contributed by atoms with Crippen LogP contribution < -0.4 is 16.0 Å². The lowest BCUT2D eigenvalue weighted by Gasteiger charge is -2.15. The second-order valence-corrected chi connectivity index (χ2v) is 37.8. The summed E-state index contributed by atoms with van der Waals surface area (Å²) in [5.41, 5.74) is 29.7. The van der Waals surface area contributed by atoms with Crippen molar-refractivity contribution in [1.82, 2.24) is 121 Å². The number of anilines is 3. The number of amides is 3. The number of aromatic nitrogens is 24. The number of para-hydroxylation sites is 4. The summed E-state index contributed by atoms with van der Waals surface area (Å²) in [5.74, 6) is 2.66. The van der Waals surface area contributed by atoms with Crippen molar-refractivity contribution in [1.29, 1.82) is 0 Å². The molecule has 0 saturated heterocycles. The maximum absolute atomic E-state index is 12.6. The Morgan fingerprint density at radius 3 is 0.905 bits per heavy atom. The predicted octanol–water partition coefficient (Wildman–Crippen LogP) is 26.2. The van der Waals surface area contributed by atoms with Crippen LogP contribution in [0.3, 0.4) is 0 Å². The number of pyridine rings is 8. The molecule has 0 spiro atoms. The maximum Gasteiger partial charge on any atom is 0.227 e. The van der Waals surface area contributed by atoms with Crippen molar-refractivity contribution < 1.29 is 19.2 Å². The van der Waals surface area contributed by atoms with Crippen LogP contribution in [0.1, 0.15) is 67.0 Å². The quantitative estimate of drug-likeness (QED) is 0.0300. The summed E-state index contributed by atoms with van der Waals surface area (Å²) in [7, 11) is 0. The van der Waals surface area contributed by atoms with Gasteiger partial charge in [-0.1, -0.05) is 198 Å². The third-order valence-electron chi connectivity index (χ3n) is 25.4. The fourth-order valence-corrected chi connectivity index (χ4v) is 18.0. The highest BCUT2D eigenvalue weighted by Crippen LogP contribution is 2.42. The van der Waals surface area contributed by atoms with Gasteiger partial charge in [0.1, 0.15) is 28.6 Å². The van der Waals surface area contributed by atoms with Gasteiger partial charge in [0.15, 0.2) is 45.9 Å². The Bertz CT molecular complexity index is 9210. The van der Waals surface area contributed by atoms with E-state index in [4.69, 9.17) is 66.3 Å². The van der Waals surface area contributed by atoms with Crippen LogP contribution in [-0.2, 0) is 25.6 Å². The van der Waals surface area contributed by atoms with E-state index in [-0.39, 0.29) is 41.3 Å². The molecule has 24 rings (SSSR count). The van der Waals surface area contributed by atoms with E-state index in [0.29, 0.717) is 102 Å². The van der Waals surface area contributed by atoms with Crippen LogP contribution in [0.15, 0.2) is 293 Å². The summed E-state index contributed by atoms with van der Waals surface area (Å²) in [5, 5.41) is 44.6. The average molecular weight is 2030 g/mol. The SMILES string of the molecule is CC(C)C(=O)Nc1cncc(-c2cnc3n[nH]c(-c4nc5c(-c6cccc(Cl)c6)cccc5[nH]4)c3c2)c1.CC(C)C(C)C(=O)Nc1cncc(-c2cnc3n[nH]c(-c4nc5c(-c6cccc(Cl)c6)cccc5[nH]4)c3c2)c1.CCC(=O)Cc1ccc(-c2cnc3n[nH]c(-c4nc5c(-c6cccc(Cl)c6)cccc5[nH]4)c3c2)cn1.CCC(=O)Nc1cncc(-c2cnc3n[nH]c(-c4nc5c(-c6cccc(Cl)c6)cccc5[nH]4)c3c2)c1. The zero-order chi connectivity index (χ0) is 102. The summed E-state index contributed by atoms with van der Waals surface area (Å²) >= 11 is 25.0. The Labute approximate surface area is 864 Å². The molecule has 148 heavy (non-hydrogen) atoms. The third kappa shape index (κ3) is 20.4. The number of fused-ring (bicyclic) bond motifs is 8. The van der Waals surface area contributed by atoms with Gasteiger partial charge in [-0.15, -0.1) is 0 Å². The van der Waals surface area contributed by atoms with E-state index in [9.17, 15) is 19.2 Å². The third-order valence-corrected chi connectivity index (χ3v) is 26.3. The van der Waals surface area contributed by atoms with Crippen LogP contribution in [-0.4, -0.2) is 144 Å². The van der Waals surface area contributed by atoms with Crippen LogP contribution in [0.25, 0.3) is 223 Å². The van der Waals surface area contributed by atoms with Gasteiger partial charge in [-0.25, -0.2) is 39.9 Å². The summed E-state index contributed by atoms with van der Waals surface area (Å²) in [6.45, 7) is 13.3. The first kappa shape index (κ1) is 96.1. The van der Waals surface area contributed by atoms with Gasteiger partial charge >= 0.3 is 0 Å². The zero-order valence-electron chi connectivity index (χ0n) is 80.4. The van der Waals surface area contributed by atoms with E-state index in [1.165, 1.54) is 0 Å². The molecule has 0 saturated carbocycles. The molecular weight excluding hydrogens is 1940 g/mol. The van der Waals surface area contributed by atoms with Crippen molar-refractivity contribution in [3.63, 3.8) is 0 Å². The topological polar surface area (TPSA) is 437 Å². The molecule has 3 amide bonds. The fraction of sp³-hybridized carbons (Fsp3) is 0.115. The van der Waals surface area contributed by atoms with Gasteiger partial charge in [0, 0.05) is 173 Å². The lowest BCUT2D eigenvalue weighted by Crippen LogP contribution is -2.24. The Morgan fingerprint density at radius 1 is 0.304 bits per heavy atom. The van der Waals surface area contributed by atoms with Gasteiger partial charge in [0.25, 0.3) is 0 Å². The molecule has 0 aliphatic heterocycles. The Morgan fingerprint density at radius 2 is 0.608 bits per heavy atom. The number of Topliss-reactive ketones (excluding diaryl/α,β-unsaturated/α-hetero) is 1. The summed E-state index contributed by atoms with van der Waals surface area (Å²) in [6.07, 6.45) is 20.2. The molecule has 0 fully saturated rings. The van der Waals surface area contributed by atoms with E-state index >= 15 is 0 Å². The highest BCUT2D eigenvalue weighted by molar-refractivity contribution is 6.32. The molecule has 24 aromatic rings. The molecule has 1 atom stereocenters. The number of aromatic amines is 8. The number of ketones is 1. The lowest BCUT2D eigenvalue weighted by molar-refractivity contribution is -0.121. The molecule has 0 radical (unpaired) electrons. The summed E-state index contributed by atoms with van der Waals surface area (Å²) < 4.78 is 0. The van der Waals surface area contributed by atoms with Gasteiger partial charge in [-0.2, -0.15) is 20.4 Å². The highest BCUT2D eigenvalue weighted by Gasteiger charge is 2.26. The van der Waals surface area contributed by atoms with Crippen LogP contribution in [0.4, 0.5) is 17.1 Å². The maximum atomic E-state index is 12.6. The number of rotatable bonds is 22. The molecule has 35 heteroatoms. The van der Waals surface area contributed by atoms with Crippen molar-refractivity contribution in [3.8, 4) is 135 Å². The number of nitrogens with zero attached hydrogens (tertiary/aromatic N) is 16. The second-order valence-electron chi connectivity index (χ2n) is 36.0. The molecule has 8 aromatic carbocycles. The van der Waals surface area contributed by atoms with Gasteiger partial charge < -0.3 is 35.9 Å². The van der Waals surface area contributed by atoms with E-state index in [1.807, 2.05) is 266 Å². The van der Waals surface area contributed by atoms with Crippen LogP contribution in [0.5, 0.6) is 0 Å². The van der Waals surface area contributed by atoms with Gasteiger partial charge in [-0.05, 0) is 149 Å². The standard InChI is InChI=1S/C30H26ClN7O.C28H22ClN7O.C28H21ClN6O.C27H20ClN7O/c1-16(2)17(3)30(39)34-22-11-19(13-32-15-22)20-12-24-27(37-38-28(24)33-14-20)29-35-25-9-5-8-23(26(25)36-29)18-6-4-7-21(31)10-18;1-15(2)28(37)32-20-10-17(12-30-14-20)18-11-22-25(35-36-26(22)31-13-18)27-33-23-8-4-7-21(24(23)34-27)16-5-3-6-19(29)9-16;1-2-21(36)13-20-10-9-17(14-30-20)18-12-23-26(34-35-27(23)31-15-18)28-32-24-8-4-7-22(25(24)33-28)16-5-3-6-19(29)11-16;1-2-23(36)31-19-10-16(12-29-14-19)17-11-21-25(34-35-26(21)30-13-17)27-32-22-8-4-7-20(24(22)33-27)15-5-3-6-18(28)9-15/h4-17H,1-3H3,(H,34,39)(H,35,36)(H,33,37,38);3-15H,1-2H3,(H,32,37)(H,33,34)(H,31,35,36);3-12,14-15H,2,13H2,1H3,(H,32,33)(H,31,34,35);3-14H,2H2,1H3,(H,31,36)(H,32,33)(H,30,34,35). The first-order chi connectivity index (χ1) is 72.0. The number of H-pyrrole nitrogens is 8. The molecule has 31 nitrogen and oxygen atoms in total. The number of hydrogen-bond acceptors (Lipinski definition) is 20. The van der Waals surface area contributed by atoms with E-state index in [1.54, 1.807) is 75.1 Å². The average Bonchev–Trinajstić information content (AvgIpc) is 1.62. The minimum Gasteiger partial charge on any atom is -0.337 e. The Hall–Kier alpha value is -18.0. The number of nitrogens with one attached hydrogen (secondary N) is 11. The smallest absolute Gasteiger partial charge is 0.227 e. The number of benzene rings is 8. The number of imidazole rings is 4. The van der Waals surface area contributed by atoms with Gasteiger partial charge in [-0.3, -0.25) is 59.5 Å². The minimum atomic E-state index is -0.127. The monoisotopic (exact) mass is 2030 g/mol. The molecular formula is C113H89Cl4N27O4. The second kappa shape index (κ2) is 41.7. The molecule has 1 unspecified atom stereocenters. The van der Waals surface area contributed by atoms with Crippen LogP contribution >= 0.6 is 46.4 Å². The molecule has 728 valence electrons. The van der Waals surface area contributed by atoms with Gasteiger partial charge in [0.2, 0.25) is 17.7 Å². The fourth-order valence-electron chi connectivity index (χ4n) is 17.2. The van der Waals surface area contributed by atoms with Crippen molar-refractivity contribution in [3.05, 3.63) is 318 Å². The largest absolute Gasteiger partial charge is 0.337 e. The van der Waals surface area contributed by atoms with Crippen molar-refractivity contribution in [2.45, 2.75) is 67.7 Å². The van der Waals surface area contributed by atoms with Gasteiger partial charge in [0.05, 0.1) is 101 Å². The normalized spacial score (nSPS) is 11.6. The highest BCUT2D eigenvalue weighted by atomic mass is 35.5. The molecule has 11 N–H and O–H groups in total. The first-order valence-corrected chi connectivity index (χ1v) is 49.1. The van der Waals surface area contributed by atoms with Crippen LogP contribution in [0.2, 0.25) is 20.1 Å². The van der Waals surface area contributed by atoms with E-state index in [0.717, 1.165) is 183 Å². The zero-order valence-corrected chi connectivity index (χ0v) is 83.4. The Balaban J connectivity index is 0.000000116. The Kier molecular flexibility index (Phi) is 27.1. The van der Waals surface area contributed by atoms with Crippen LogP contribution in [0, 0.1) is 17.8 Å². The summed E-state index contributed by atoms with van der Waals surface area (Å²) in [6, 6.07) is 72.5. The van der Waals surface area contributed by atoms with Crippen molar-refractivity contribution in [2.24, 2.45) is 17.8 Å². The lowest BCUT2D eigenvalue weighted by atomic mass is 9.97. The molecule has 0 aliphatic rings. The molecule has 0 aliphatic carbocycles. The van der Waals surface area contributed by atoms with E-state index < -0.39 is 0 Å². The summed E-state index contributed by atoms with van der Waals surface area (Å²) in [4.78, 5) is 117. The number of halogens is 4. The first-order valence-electron chi connectivity index (χ1n) is 47.6. The number of carbonyl (C=O) groups is 4. The van der Waals surface area contributed by atoms with E-state index in [2.05, 4.69) is 117 Å².